The van der Waals surface area contributed by atoms with Crippen molar-refractivity contribution >= 4 is 39.1 Å². The SMILES string of the molecule is CC(=O)[C@@]12SC(c3ccccc3)=CC1=C1C(=C3C=C(c4ccccc4)S[C@]32C)C(F)(F)C(F)(F)C1(F)F. The summed E-state index contributed by atoms with van der Waals surface area (Å²) in [6.07, 6.45) is 2.51. The van der Waals surface area contributed by atoms with Crippen molar-refractivity contribution in [3.05, 3.63) is 106 Å². The summed E-state index contributed by atoms with van der Waals surface area (Å²) in [4.78, 5) is 14.3. The molecule has 2 aliphatic heterocycles. The van der Waals surface area contributed by atoms with Crippen molar-refractivity contribution in [2.45, 2.75) is 41.1 Å². The topological polar surface area (TPSA) is 17.1 Å². The lowest BCUT2D eigenvalue weighted by Crippen LogP contribution is -2.55. The van der Waals surface area contributed by atoms with E-state index in [9.17, 15) is 13.6 Å². The number of ketones is 1. The zero-order chi connectivity index (χ0) is 26.6. The molecule has 0 N–H and O–H groups in total. The van der Waals surface area contributed by atoms with Gasteiger partial charge in [0.1, 0.15) is 4.75 Å². The van der Waals surface area contributed by atoms with Crippen LogP contribution >= 0.6 is 23.5 Å². The van der Waals surface area contributed by atoms with E-state index in [-0.39, 0.29) is 5.57 Å². The van der Waals surface area contributed by atoms with Crippen LogP contribution in [0.15, 0.2) is 95.1 Å². The highest BCUT2D eigenvalue weighted by Gasteiger charge is 2.85. The number of allylic oxidation sites excluding steroid dienone is 4. The van der Waals surface area contributed by atoms with E-state index in [1.54, 1.807) is 60.7 Å². The Labute approximate surface area is 217 Å². The summed E-state index contributed by atoms with van der Waals surface area (Å²) in [6, 6.07) is 17.2. The summed E-state index contributed by atoms with van der Waals surface area (Å²) < 4.78 is 88.2. The van der Waals surface area contributed by atoms with Gasteiger partial charge in [-0.05, 0) is 48.3 Å². The molecule has 1 saturated carbocycles. The zero-order valence-corrected chi connectivity index (χ0v) is 21.1. The first-order valence-electron chi connectivity index (χ1n) is 11.4. The summed E-state index contributed by atoms with van der Waals surface area (Å²) in [5.74, 6) is -16.6. The van der Waals surface area contributed by atoms with Gasteiger partial charge in [-0.25, -0.2) is 0 Å². The minimum atomic E-state index is -5.67. The van der Waals surface area contributed by atoms with E-state index < -0.39 is 49.8 Å². The number of carbonyl (C=O) groups is 1. The van der Waals surface area contributed by atoms with Crippen molar-refractivity contribution in [3.63, 3.8) is 0 Å². The molecule has 2 aromatic rings. The molecule has 0 bridgehead atoms. The van der Waals surface area contributed by atoms with E-state index in [2.05, 4.69) is 0 Å². The molecule has 0 saturated heterocycles. The number of alkyl halides is 6. The second kappa shape index (κ2) is 7.47. The van der Waals surface area contributed by atoms with Crippen LogP contribution in [0.2, 0.25) is 0 Å². The molecule has 0 unspecified atom stereocenters. The van der Waals surface area contributed by atoms with Crippen LogP contribution in [0.5, 0.6) is 0 Å². The Bertz CT molecular complexity index is 1490. The number of thioether (sulfide) groups is 2. The van der Waals surface area contributed by atoms with Gasteiger partial charge < -0.3 is 0 Å². The van der Waals surface area contributed by atoms with E-state index in [4.69, 9.17) is 0 Å². The summed E-state index contributed by atoms with van der Waals surface area (Å²) in [5, 5.41) is 0. The van der Waals surface area contributed by atoms with Crippen molar-refractivity contribution in [3.8, 4) is 0 Å². The number of fused-ring (bicyclic) bond motifs is 4. The van der Waals surface area contributed by atoms with Crippen molar-refractivity contribution in [1.82, 2.24) is 0 Å². The maximum absolute atomic E-state index is 15.5. The van der Waals surface area contributed by atoms with E-state index in [0.717, 1.165) is 23.5 Å². The molecule has 1 fully saturated rings. The third-order valence-electron chi connectivity index (χ3n) is 7.51. The lowest BCUT2D eigenvalue weighted by molar-refractivity contribution is -0.258. The fourth-order valence-electron chi connectivity index (χ4n) is 5.75. The van der Waals surface area contributed by atoms with Gasteiger partial charge in [-0.3, -0.25) is 4.79 Å². The highest BCUT2D eigenvalue weighted by atomic mass is 32.2. The molecule has 2 atom stereocenters. The first kappa shape index (κ1) is 24.7. The predicted molar refractivity (Wildman–Crippen MR) is 135 cm³/mol. The molecule has 4 aliphatic rings. The number of carbonyl (C=O) groups excluding carboxylic acids is 1. The van der Waals surface area contributed by atoms with Gasteiger partial charge >= 0.3 is 17.8 Å². The second-order valence-corrected chi connectivity index (χ2v) is 12.2. The molecule has 0 aromatic heterocycles. The molecular formula is C28H18F6OS2. The summed E-state index contributed by atoms with van der Waals surface area (Å²) in [6.45, 7) is 2.72. The van der Waals surface area contributed by atoms with E-state index in [0.29, 0.717) is 20.9 Å². The van der Waals surface area contributed by atoms with Crippen LogP contribution in [0.1, 0.15) is 25.0 Å². The van der Waals surface area contributed by atoms with Crippen LogP contribution in [-0.4, -0.2) is 33.0 Å². The standard InChI is InChI=1S/C28H18F6OS2/c1-15(35)25-19(14-21(37-25)17-11-7-4-8-12-17)23-22(26(29,30)28(33,34)27(23,31)32)18-13-20(36-24(18,25)2)16-9-5-3-6-10-16/h3-14H,1-2H3/t24-,25-/m1/s1. The summed E-state index contributed by atoms with van der Waals surface area (Å²) in [5.41, 5.74) is -2.46. The van der Waals surface area contributed by atoms with Crippen molar-refractivity contribution < 1.29 is 31.1 Å². The maximum Gasteiger partial charge on any atom is 0.380 e. The smallest absolute Gasteiger partial charge is 0.298 e. The molecule has 6 rings (SSSR count). The van der Waals surface area contributed by atoms with Crippen molar-refractivity contribution in [1.29, 1.82) is 0 Å². The molecule has 1 nitrogen and oxygen atoms in total. The van der Waals surface area contributed by atoms with Crippen molar-refractivity contribution in [2.24, 2.45) is 0 Å². The third-order valence-corrected chi connectivity index (χ3v) is 10.9. The third kappa shape index (κ3) is 2.79. The largest absolute Gasteiger partial charge is 0.380 e. The fraction of sp³-hybridized carbons (Fsp3) is 0.250. The Morgan fingerprint density at radius 3 is 1.59 bits per heavy atom. The Morgan fingerprint density at radius 1 is 0.676 bits per heavy atom. The Balaban J connectivity index is 1.73. The monoisotopic (exact) mass is 548 g/mol. The van der Waals surface area contributed by atoms with Gasteiger partial charge in [-0.15, -0.1) is 23.5 Å². The molecule has 0 spiro atoms. The van der Waals surface area contributed by atoms with Gasteiger partial charge in [0.2, 0.25) is 0 Å². The molecule has 2 aromatic carbocycles. The molecule has 9 heteroatoms. The number of Topliss-reactive ketones (excluding diaryl/α,β-unsaturated/α-hetero) is 1. The zero-order valence-electron chi connectivity index (χ0n) is 19.4. The molecule has 37 heavy (non-hydrogen) atoms. The number of benzene rings is 2. The van der Waals surface area contributed by atoms with Crippen LogP contribution in [0.4, 0.5) is 26.3 Å². The van der Waals surface area contributed by atoms with Crippen LogP contribution in [0.3, 0.4) is 0 Å². The highest BCUT2D eigenvalue weighted by Crippen LogP contribution is 2.75. The van der Waals surface area contributed by atoms with Gasteiger partial charge in [0.15, 0.2) is 5.78 Å². The van der Waals surface area contributed by atoms with Gasteiger partial charge in [0, 0.05) is 21.0 Å². The average molecular weight is 549 g/mol. The van der Waals surface area contributed by atoms with E-state index >= 15 is 17.6 Å². The van der Waals surface area contributed by atoms with Crippen LogP contribution in [0.25, 0.3) is 9.81 Å². The summed E-state index contributed by atoms with van der Waals surface area (Å²) in [7, 11) is 0. The average Bonchev–Trinajstić information content (AvgIpc) is 3.46. The number of rotatable bonds is 3. The van der Waals surface area contributed by atoms with E-state index in [1.165, 1.54) is 26.0 Å². The quantitative estimate of drug-likeness (QED) is 0.360. The lowest BCUT2D eigenvalue weighted by Gasteiger charge is -2.47. The lowest BCUT2D eigenvalue weighted by atomic mass is 9.69. The van der Waals surface area contributed by atoms with Gasteiger partial charge in [0.05, 0.1) is 4.75 Å². The Morgan fingerprint density at radius 2 is 1.11 bits per heavy atom. The molecule has 2 aliphatic carbocycles. The minimum Gasteiger partial charge on any atom is -0.298 e. The van der Waals surface area contributed by atoms with Crippen LogP contribution in [0, 0.1) is 0 Å². The minimum absolute atomic E-state index is 0.359. The highest BCUT2D eigenvalue weighted by molar-refractivity contribution is 8.14. The molecule has 190 valence electrons. The first-order valence-corrected chi connectivity index (χ1v) is 13.0. The predicted octanol–water partition coefficient (Wildman–Crippen LogP) is 8.18. The second-order valence-electron chi connectivity index (χ2n) is 9.52. The first-order chi connectivity index (χ1) is 17.3. The van der Waals surface area contributed by atoms with Crippen molar-refractivity contribution in [2.75, 3.05) is 0 Å². The molecule has 0 radical (unpaired) electrons. The Kier molecular flexibility index (Phi) is 4.98. The Hall–Kier alpha value is -2.65. The normalized spacial score (nSPS) is 30.5. The van der Waals surface area contributed by atoms with Gasteiger partial charge in [-0.2, -0.15) is 26.3 Å². The fourth-order valence-corrected chi connectivity index (χ4v) is 9.02. The van der Waals surface area contributed by atoms with Crippen LogP contribution in [-0.2, 0) is 4.79 Å². The van der Waals surface area contributed by atoms with E-state index in [1.807, 2.05) is 0 Å². The molecule has 2 heterocycles. The van der Waals surface area contributed by atoms with Gasteiger partial charge in [-0.1, -0.05) is 60.7 Å². The molecule has 0 amide bonds. The maximum atomic E-state index is 15.5. The van der Waals surface area contributed by atoms with Gasteiger partial charge in [0.25, 0.3) is 0 Å². The van der Waals surface area contributed by atoms with Crippen LogP contribution < -0.4 is 0 Å². The number of hydrogen-bond acceptors (Lipinski definition) is 3. The molecular weight excluding hydrogens is 530 g/mol. The summed E-state index contributed by atoms with van der Waals surface area (Å²) >= 11 is 2.04. The number of hydrogen-bond donors (Lipinski definition) is 0. The number of halogens is 6.